The van der Waals surface area contributed by atoms with Crippen molar-refractivity contribution in [2.75, 3.05) is 0 Å². The van der Waals surface area contributed by atoms with E-state index < -0.39 is 0 Å². The SMILES string of the molecule is C=CC(=O)N/C(=C/C(O)=C\C)C(=C)C. The Balaban J connectivity index is 4.78. The molecular weight excluding hydrogens is 178 g/mol. The molecular formula is C11H15NO2. The first kappa shape index (κ1) is 12.2. The van der Waals surface area contributed by atoms with Crippen LogP contribution in [0.4, 0.5) is 0 Å². The highest BCUT2D eigenvalue weighted by Crippen LogP contribution is 2.06. The van der Waals surface area contributed by atoms with Crippen molar-refractivity contribution in [2.24, 2.45) is 0 Å². The summed E-state index contributed by atoms with van der Waals surface area (Å²) in [5, 5.41) is 11.8. The Kier molecular flexibility index (Phi) is 5.07. The molecule has 0 aromatic heterocycles. The third-order valence-electron chi connectivity index (χ3n) is 1.49. The van der Waals surface area contributed by atoms with E-state index in [0.717, 1.165) is 6.08 Å². The van der Waals surface area contributed by atoms with Crippen LogP contribution in [0.1, 0.15) is 13.8 Å². The van der Waals surface area contributed by atoms with E-state index in [1.54, 1.807) is 13.8 Å². The van der Waals surface area contributed by atoms with Gasteiger partial charge in [-0.05, 0) is 31.6 Å². The molecule has 0 aliphatic rings. The molecule has 0 aromatic rings. The first-order valence-electron chi connectivity index (χ1n) is 4.17. The van der Waals surface area contributed by atoms with E-state index in [1.165, 1.54) is 12.2 Å². The fraction of sp³-hybridized carbons (Fsp3) is 0.182. The number of rotatable bonds is 4. The predicted molar refractivity (Wildman–Crippen MR) is 57.6 cm³/mol. The van der Waals surface area contributed by atoms with Crippen LogP contribution >= 0.6 is 0 Å². The van der Waals surface area contributed by atoms with Crippen molar-refractivity contribution >= 4 is 5.91 Å². The minimum absolute atomic E-state index is 0.0763. The second kappa shape index (κ2) is 5.80. The summed E-state index contributed by atoms with van der Waals surface area (Å²) in [5.41, 5.74) is 1.14. The Morgan fingerprint density at radius 3 is 2.43 bits per heavy atom. The van der Waals surface area contributed by atoms with Crippen molar-refractivity contribution in [3.8, 4) is 0 Å². The molecule has 76 valence electrons. The normalized spacial score (nSPS) is 12.1. The largest absolute Gasteiger partial charge is 0.508 e. The molecule has 3 nitrogen and oxygen atoms in total. The van der Waals surface area contributed by atoms with Crippen molar-refractivity contribution in [3.63, 3.8) is 0 Å². The first-order valence-corrected chi connectivity index (χ1v) is 4.17. The summed E-state index contributed by atoms with van der Waals surface area (Å²) in [6.07, 6.45) is 4.11. The molecule has 0 aromatic carbocycles. The Labute approximate surface area is 84.1 Å². The van der Waals surface area contributed by atoms with Crippen molar-refractivity contribution in [2.45, 2.75) is 13.8 Å². The molecule has 0 saturated heterocycles. The maximum atomic E-state index is 11.0. The topological polar surface area (TPSA) is 49.3 Å². The summed E-state index contributed by atoms with van der Waals surface area (Å²) in [6, 6.07) is 0. The van der Waals surface area contributed by atoms with Gasteiger partial charge in [0.2, 0.25) is 5.91 Å². The number of allylic oxidation sites excluding steroid dienone is 3. The van der Waals surface area contributed by atoms with Crippen LogP contribution < -0.4 is 5.32 Å². The average molecular weight is 193 g/mol. The molecule has 14 heavy (non-hydrogen) atoms. The molecule has 0 bridgehead atoms. The van der Waals surface area contributed by atoms with Crippen LogP contribution in [0, 0.1) is 0 Å². The molecule has 0 saturated carbocycles. The van der Waals surface area contributed by atoms with Crippen molar-refractivity contribution in [1.82, 2.24) is 5.32 Å². The van der Waals surface area contributed by atoms with Crippen LogP contribution in [0.25, 0.3) is 0 Å². The van der Waals surface area contributed by atoms with Crippen molar-refractivity contribution in [3.05, 3.63) is 48.4 Å². The number of hydrogen-bond donors (Lipinski definition) is 2. The minimum atomic E-state index is -0.330. The molecule has 2 N–H and O–H groups in total. The van der Waals surface area contributed by atoms with E-state index in [0.29, 0.717) is 11.3 Å². The number of aliphatic hydroxyl groups is 1. The third-order valence-corrected chi connectivity index (χ3v) is 1.49. The van der Waals surface area contributed by atoms with Crippen LogP contribution in [0.5, 0.6) is 0 Å². The summed E-state index contributed by atoms with van der Waals surface area (Å²) >= 11 is 0. The van der Waals surface area contributed by atoms with Gasteiger partial charge in [-0.1, -0.05) is 13.2 Å². The summed E-state index contributed by atoms with van der Waals surface area (Å²) in [7, 11) is 0. The summed E-state index contributed by atoms with van der Waals surface area (Å²) in [5.74, 6) is -0.254. The van der Waals surface area contributed by atoms with Crippen molar-refractivity contribution < 1.29 is 9.90 Å². The molecule has 0 rings (SSSR count). The molecule has 1 amide bonds. The van der Waals surface area contributed by atoms with Crippen LogP contribution in [-0.2, 0) is 4.79 Å². The van der Waals surface area contributed by atoms with Gasteiger partial charge in [0, 0.05) is 11.8 Å². The molecule has 0 spiro atoms. The highest BCUT2D eigenvalue weighted by Gasteiger charge is 2.01. The monoisotopic (exact) mass is 193 g/mol. The molecule has 0 heterocycles. The number of aliphatic hydroxyl groups excluding tert-OH is 1. The zero-order valence-corrected chi connectivity index (χ0v) is 8.50. The zero-order valence-electron chi connectivity index (χ0n) is 8.50. The van der Waals surface area contributed by atoms with Crippen LogP contribution in [0.15, 0.2) is 48.4 Å². The summed E-state index contributed by atoms with van der Waals surface area (Å²) in [6.45, 7) is 10.4. The number of hydrogen-bond acceptors (Lipinski definition) is 2. The average Bonchev–Trinajstić information content (AvgIpc) is 2.16. The molecule has 0 unspecified atom stereocenters. The lowest BCUT2D eigenvalue weighted by Gasteiger charge is -2.07. The van der Waals surface area contributed by atoms with Gasteiger partial charge in [0.1, 0.15) is 5.76 Å². The summed E-state index contributed by atoms with van der Waals surface area (Å²) < 4.78 is 0. The molecule has 3 heteroatoms. The minimum Gasteiger partial charge on any atom is -0.508 e. The smallest absolute Gasteiger partial charge is 0.247 e. The Morgan fingerprint density at radius 2 is 2.07 bits per heavy atom. The van der Waals surface area contributed by atoms with Gasteiger partial charge >= 0.3 is 0 Å². The summed E-state index contributed by atoms with van der Waals surface area (Å²) in [4.78, 5) is 11.0. The quantitative estimate of drug-likeness (QED) is 0.408. The second-order valence-corrected chi connectivity index (χ2v) is 2.75. The Morgan fingerprint density at radius 1 is 1.50 bits per heavy atom. The highest BCUT2D eigenvalue weighted by molar-refractivity contribution is 5.88. The van der Waals surface area contributed by atoms with Gasteiger partial charge in [-0.2, -0.15) is 0 Å². The molecule has 0 atom stereocenters. The predicted octanol–water partition coefficient (Wildman–Crippen LogP) is 2.21. The van der Waals surface area contributed by atoms with E-state index in [-0.39, 0.29) is 11.7 Å². The van der Waals surface area contributed by atoms with E-state index in [9.17, 15) is 9.90 Å². The van der Waals surface area contributed by atoms with E-state index >= 15 is 0 Å². The molecule has 0 radical (unpaired) electrons. The lowest BCUT2D eigenvalue weighted by molar-refractivity contribution is -0.115. The maximum absolute atomic E-state index is 11.0. The van der Waals surface area contributed by atoms with E-state index in [2.05, 4.69) is 18.5 Å². The second-order valence-electron chi connectivity index (χ2n) is 2.75. The lowest BCUT2D eigenvalue weighted by Crippen LogP contribution is -2.20. The molecule has 0 aliphatic heterocycles. The van der Waals surface area contributed by atoms with Gasteiger partial charge in [-0.25, -0.2) is 0 Å². The van der Waals surface area contributed by atoms with Gasteiger partial charge in [-0.15, -0.1) is 0 Å². The number of nitrogens with one attached hydrogen (secondary N) is 1. The third kappa shape index (κ3) is 4.30. The highest BCUT2D eigenvalue weighted by atomic mass is 16.3. The van der Waals surface area contributed by atoms with E-state index in [4.69, 9.17) is 0 Å². The van der Waals surface area contributed by atoms with Gasteiger partial charge in [0.15, 0.2) is 0 Å². The molecule has 0 fully saturated rings. The maximum Gasteiger partial charge on any atom is 0.247 e. The number of carbonyl (C=O) groups excluding carboxylic acids is 1. The van der Waals surface area contributed by atoms with Crippen LogP contribution in [0.3, 0.4) is 0 Å². The standard InChI is InChI=1S/C11H15NO2/c1-5-9(13)7-10(8(3)4)12-11(14)6-2/h5-7,13H,2-3H2,1,4H3,(H,12,14)/b9-5+,10-7+. The van der Waals surface area contributed by atoms with E-state index in [1.807, 2.05) is 0 Å². The lowest BCUT2D eigenvalue weighted by atomic mass is 10.2. The van der Waals surface area contributed by atoms with Gasteiger partial charge in [0.25, 0.3) is 0 Å². The zero-order chi connectivity index (χ0) is 11.1. The first-order chi connectivity index (χ1) is 6.51. The van der Waals surface area contributed by atoms with Gasteiger partial charge in [0.05, 0.1) is 0 Å². The fourth-order valence-corrected chi connectivity index (χ4v) is 0.681. The molecule has 0 aliphatic carbocycles. The fourth-order valence-electron chi connectivity index (χ4n) is 0.681. The van der Waals surface area contributed by atoms with Crippen molar-refractivity contribution in [1.29, 1.82) is 0 Å². The number of amides is 1. The van der Waals surface area contributed by atoms with Crippen LogP contribution in [-0.4, -0.2) is 11.0 Å². The van der Waals surface area contributed by atoms with Gasteiger partial charge in [-0.3, -0.25) is 4.79 Å². The Bertz CT molecular complexity index is 311. The number of carbonyl (C=O) groups is 1. The van der Waals surface area contributed by atoms with Gasteiger partial charge < -0.3 is 10.4 Å². The Hall–Kier alpha value is -1.77. The van der Waals surface area contributed by atoms with Crippen LogP contribution in [0.2, 0.25) is 0 Å².